The van der Waals surface area contributed by atoms with Crippen LogP contribution in [0.4, 0.5) is 0 Å². The first kappa shape index (κ1) is 14.2. The molecular weight excluding hydrogens is 293 g/mol. The largest absolute Gasteiger partial charge is 0.324 e. The van der Waals surface area contributed by atoms with Crippen LogP contribution in [0.5, 0.6) is 0 Å². The molecule has 1 aromatic carbocycles. The number of aromatic nitrogens is 2. The van der Waals surface area contributed by atoms with Crippen LogP contribution in [0.1, 0.15) is 37.0 Å². The lowest BCUT2D eigenvalue weighted by atomic mass is 10.0. The van der Waals surface area contributed by atoms with E-state index < -0.39 is 0 Å². The quantitative estimate of drug-likeness (QED) is 0.773. The van der Waals surface area contributed by atoms with Gasteiger partial charge in [-0.2, -0.15) is 0 Å². The average molecular weight is 312 g/mol. The summed E-state index contributed by atoms with van der Waals surface area (Å²) in [7, 11) is 2.17. The zero-order valence-electron chi connectivity index (χ0n) is 11.8. The summed E-state index contributed by atoms with van der Waals surface area (Å²) in [5, 5.41) is 0.625. The number of benzene rings is 1. The van der Waals surface area contributed by atoms with Crippen molar-refractivity contribution >= 4 is 34.2 Å². The Balaban J connectivity index is 2.09. The van der Waals surface area contributed by atoms with Gasteiger partial charge in [0.1, 0.15) is 5.82 Å². The van der Waals surface area contributed by atoms with Crippen molar-refractivity contribution < 1.29 is 0 Å². The van der Waals surface area contributed by atoms with Gasteiger partial charge < -0.3 is 9.47 Å². The fourth-order valence-corrected chi connectivity index (χ4v) is 3.33. The summed E-state index contributed by atoms with van der Waals surface area (Å²) in [6.45, 7) is 4.22. The van der Waals surface area contributed by atoms with E-state index in [2.05, 4.69) is 22.6 Å². The highest BCUT2D eigenvalue weighted by Crippen LogP contribution is 2.33. The molecule has 0 N–H and O–H groups in total. The van der Waals surface area contributed by atoms with Crippen LogP contribution in [0.15, 0.2) is 18.2 Å². The van der Waals surface area contributed by atoms with E-state index in [1.54, 1.807) is 0 Å². The third kappa shape index (κ3) is 2.54. The molecule has 1 unspecified atom stereocenters. The van der Waals surface area contributed by atoms with Gasteiger partial charge in [0.2, 0.25) is 0 Å². The molecule has 2 heterocycles. The Morgan fingerprint density at radius 1 is 1.30 bits per heavy atom. The van der Waals surface area contributed by atoms with Crippen LogP contribution in [0.25, 0.3) is 11.0 Å². The molecule has 0 bridgehead atoms. The number of hydrogen-bond acceptors (Lipinski definition) is 2. The average Bonchev–Trinajstić information content (AvgIpc) is 2.78. The number of imidazole rings is 1. The molecule has 0 spiro atoms. The van der Waals surface area contributed by atoms with E-state index in [0.717, 1.165) is 47.8 Å². The van der Waals surface area contributed by atoms with Crippen LogP contribution in [0.2, 0.25) is 5.02 Å². The standard InChI is InChI=1S/C15H19Cl2N3/c1-10(16)15-18-13-9-11(17)3-4-14(13)20(15)12-5-7-19(2)8-6-12/h3-4,9-10,12H,5-8H2,1-2H3. The molecule has 0 amide bonds. The number of rotatable bonds is 2. The molecule has 1 atom stereocenters. The summed E-state index contributed by atoms with van der Waals surface area (Å²) in [5.74, 6) is 0.957. The molecule has 1 aliphatic rings. The molecule has 3 rings (SSSR count). The van der Waals surface area contributed by atoms with Gasteiger partial charge in [-0.1, -0.05) is 11.6 Å². The Bertz CT molecular complexity index is 613. The first-order valence-corrected chi connectivity index (χ1v) is 7.87. The third-order valence-electron chi connectivity index (χ3n) is 4.09. The van der Waals surface area contributed by atoms with Gasteiger partial charge in [0.05, 0.1) is 16.4 Å². The maximum Gasteiger partial charge on any atom is 0.127 e. The summed E-state index contributed by atoms with van der Waals surface area (Å²) < 4.78 is 2.33. The lowest BCUT2D eigenvalue weighted by Gasteiger charge is -2.31. The minimum Gasteiger partial charge on any atom is -0.324 e. The molecule has 2 aromatic rings. The van der Waals surface area contributed by atoms with Crippen molar-refractivity contribution in [3.8, 4) is 0 Å². The molecule has 3 nitrogen and oxygen atoms in total. The van der Waals surface area contributed by atoms with Gasteiger partial charge in [0.25, 0.3) is 0 Å². The zero-order valence-corrected chi connectivity index (χ0v) is 13.3. The highest BCUT2D eigenvalue weighted by Gasteiger charge is 2.24. The Morgan fingerprint density at radius 2 is 2.00 bits per heavy atom. The zero-order chi connectivity index (χ0) is 14.3. The molecule has 5 heteroatoms. The number of alkyl halides is 1. The Labute approximate surface area is 129 Å². The van der Waals surface area contributed by atoms with Crippen LogP contribution >= 0.6 is 23.2 Å². The van der Waals surface area contributed by atoms with Gasteiger partial charge in [0.15, 0.2) is 0 Å². The van der Waals surface area contributed by atoms with E-state index in [9.17, 15) is 0 Å². The molecule has 0 radical (unpaired) electrons. The lowest BCUT2D eigenvalue weighted by molar-refractivity contribution is 0.221. The highest BCUT2D eigenvalue weighted by molar-refractivity contribution is 6.31. The van der Waals surface area contributed by atoms with E-state index in [1.807, 2.05) is 19.1 Å². The van der Waals surface area contributed by atoms with Gasteiger partial charge in [-0.15, -0.1) is 11.6 Å². The minimum atomic E-state index is -0.0965. The second kappa shape index (κ2) is 5.55. The predicted octanol–water partition coefficient (Wildman–Crippen LogP) is 4.26. The SMILES string of the molecule is CC(Cl)c1nc2cc(Cl)ccc2n1C1CCN(C)CC1. The molecular formula is C15H19Cl2N3. The summed E-state index contributed by atoms with van der Waals surface area (Å²) >= 11 is 12.4. The Morgan fingerprint density at radius 3 is 2.65 bits per heavy atom. The summed E-state index contributed by atoms with van der Waals surface area (Å²) in [6, 6.07) is 6.39. The van der Waals surface area contributed by atoms with Gasteiger partial charge in [-0.3, -0.25) is 0 Å². The van der Waals surface area contributed by atoms with E-state index in [1.165, 1.54) is 0 Å². The van der Waals surface area contributed by atoms with Crippen LogP contribution in [-0.4, -0.2) is 34.6 Å². The smallest absolute Gasteiger partial charge is 0.127 e. The molecule has 1 saturated heterocycles. The molecule has 1 aliphatic heterocycles. The molecule has 20 heavy (non-hydrogen) atoms. The molecule has 1 aromatic heterocycles. The number of likely N-dealkylation sites (tertiary alicyclic amines) is 1. The van der Waals surface area contributed by atoms with E-state index in [-0.39, 0.29) is 5.38 Å². The van der Waals surface area contributed by atoms with E-state index in [0.29, 0.717) is 6.04 Å². The summed E-state index contributed by atoms with van der Waals surface area (Å²) in [5.41, 5.74) is 2.09. The van der Waals surface area contributed by atoms with Crippen molar-refractivity contribution in [2.45, 2.75) is 31.2 Å². The van der Waals surface area contributed by atoms with Crippen molar-refractivity contribution in [2.75, 3.05) is 20.1 Å². The second-order valence-electron chi connectivity index (χ2n) is 5.62. The van der Waals surface area contributed by atoms with Crippen LogP contribution in [-0.2, 0) is 0 Å². The maximum absolute atomic E-state index is 6.34. The van der Waals surface area contributed by atoms with E-state index in [4.69, 9.17) is 28.2 Å². The number of piperidine rings is 1. The Kier molecular flexibility index (Phi) is 3.93. The predicted molar refractivity (Wildman–Crippen MR) is 84.8 cm³/mol. The fourth-order valence-electron chi connectivity index (χ4n) is 3.01. The van der Waals surface area contributed by atoms with Gasteiger partial charge in [-0.05, 0) is 58.1 Å². The molecule has 1 fully saturated rings. The van der Waals surface area contributed by atoms with Crippen molar-refractivity contribution in [2.24, 2.45) is 0 Å². The number of halogens is 2. The van der Waals surface area contributed by atoms with Crippen LogP contribution < -0.4 is 0 Å². The monoisotopic (exact) mass is 311 g/mol. The fraction of sp³-hybridized carbons (Fsp3) is 0.533. The van der Waals surface area contributed by atoms with Crippen molar-refractivity contribution in [1.82, 2.24) is 14.5 Å². The van der Waals surface area contributed by atoms with Gasteiger partial charge >= 0.3 is 0 Å². The molecule has 0 saturated carbocycles. The first-order valence-electron chi connectivity index (χ1n) is 7.06. The summed E-state index contributed by atoms with van der Waals surface area (Å²) in [4.78, 5) is 7.07. The number of hydrogen-bond donors (Lipinski definition) is 0. The number of fused-ring (bicyclic) bond motifs is 1. The maximum atomic E-state index is 6.34. The summed E-state index contributed by atoms with van der Waals surface area (Å²) in [6.07, 6.45) is 2.28. The molecule has 0 aliphatic carbocycles. The minimum absolute atomic E-state index is 0.0965. The van der Waals surface area contributed by atoms with Gasteiger partial charge in [-0.25, -0.2) is 4.98 Å². The van der Waals surface area contributed by atoms with Crippen molar-refractivity contribution in [3.63, 3.8) is 0 Å². The van der Waals surface area contributed by atoms with Crippen molar-refractivity contribution in [3.05, 3.63) is 29.0 Å². The molecule has 108 valence electrons. The van der Waals surface area contributed by atoms with Crippen molar-refractivity contribution in [1.29, 1.82) is 0 Å². The Hall–Kier alpha value is -0.770. The second-order valence-corrected chi connectivity index (χ2v) is 6.71. The lowest BCUT2D eigenvalue weighted by Crippen LogP contribution is -2.32. The third-order valence-corrected chi connectivity index (χ3v) is 4.52. The number of nitrogens with zero attached hydrogens (tertiary/aromatic N) is 3. The normalized spacial score (nSPS) is 19.6. The highest BCUT2D eigenvalue weighted by atomic mass is 35.5. The first-order chi connectivity index (χ1) is 9.56. The van der Waals surface area contributed by atoms with E-state index >= 15 is 0 Å². The topological polar surface area (TPSA) is 21.1 Å². The van der Waals surface area contributed by atoms with Crippen LogP contribution in [0.3, 0.4) is 0 Å². The van der Waals surface area contributed by atoms with Gasteiger partial charge in [0, 0.05) is 11.1 Å². The van der Waals surface area contributed by atoms with Crippen LogP contribution in [0, 0.1) is 0 Å².